The fourth-order valence-corrected chi connectivity index (χ4v) is 3.97. The molecule has 1 aromatic carbocycles. The molecule has 1 amide bonds. The first-order valence-corrected chi connectivity index (χ1v) is 8.72. The number of aryl methyl sites for hydroxylation is 2. The molecule has 24 heavy (non-hydrogen) atoms. The number of thiophene rings is 1. The molecule has 4 nitrogen and oxygen atoms in total. The van der Waals surface area contributed by atoms with E-state index >= 15 is 0 Å². The lowest BCUT2D eigenvalue weighted by molar-refractivity contribution is -0.111. The molecule has 2 N–H and O–H groups in total. The number of hydrogen-bond acceptors (Lipinski definition) is 4. The zero-order valence-electron chi connectivity index (χ0n) is 13.8. The second kappa shape index (κ2) is 7.00. The van der Waals surface area contributed by atoms with Crippen LogP contribution < -0.4 is 10.6 Å². The molecule has 1 aromatic heterocycles. The van der Waals surface area contributed by atoms with Gasteiger partial charge in [-0.05, 0) is 49.6 Å². The van der Waals surface area contributed by atoms with Crippen molar-refractivity contribution >= 4 is 28.3 Å². The molecule has 0 unspecified atom stereocenters. The maximum absolute atomic E-state index is 12.2. The van der Waals surface area contributed by atoms with Gasteiger partial charge in [0.2, 0.25) is 5.91 Å². The molecule has 0 saturated heterocycles. The lowest BCUT2D eigenvalue weighted by Gasteiger charge is -2.11. The molecular weight excluding hydrogens is 318 g/mol. The van der Waals surface area contributed by atoms with Gasteiger partial charge in [0.1, 0.15) is 11.1 Å². The fourth-order valence-electron chi connectivity index (χ4n) is 2.80. The van der Waals surface area contributed by atoms with Crippen LogP contribution in [0.4, 0.5) is 5.00 Å². The number of anilines is 1. The Morgan fingerprint density at radius 1 is 1.42 bits per heavy atom. The number of benzene rings is 1. The summed E-state index contributed by atoms with van der Waals surface area (Å²) in [6.45, 7) is 5.69. The van der Waals surface area contributed by atoms with Crippen LogP contribution in [0.3, 0.4) is 0 Å². The molecule has 3 rings (SSSR count). The van der Waals surface area contributed by atoms with Crippen molar-refractivity contribution in [3.8, 4) is 6.07 Å². The zero-order valence-corrected chi connectivity index (χ0v) is 14.6. The number of carbonyl (C=O) groups excluding carboxylic acids is 1. The minimum atomic E-state index is -0.209. The molecule has 0 aliphatic carbocycles. The van der Waals surface area contributed by atoms with E-state index in [0.717, 1.165) is 46.6 Å². The van der Waals surface area contributed by atoms with Gasteiger partial charge in [-0.1, -0.05) is 23.8 Å². The minimum Gasteiger partial charge on any atom is -0.313 e. The van der Waals surface area contributed by atoms with Crippen molar-refractivity contribution in [2.45, 2.75) is 26.8 Å². The van der Waals surface area contributed by atoms with Crippen LogP contribution in [-0.2, 0) is 17.8 Å². The maximum atomic E-state index is 12.2. The van der Waals surface area contributed by atoms with E-state index in [0.29, 0.717) is 10.6 Å². The van der Waals surface area contributed by atoms with Gasteiger partial charge in [-0.25, -0.2) is 0 Å². The minimum absolute atomic E-state index is 0.209. The van der Waals surface area contributed by atoms with Crippen molar-refractivity contribution in [2.75, 3.05) is 11.9 Å². The highest BCUT2D eigenvalue weighted by atomic mass is 32.1. The van der Waals surface area contributed by atoms with E-state index in [1.54, 1.807) is 0 Å². The number of carbonyl (C=O) groups is 1. The summed E-state index contributed by atoms with van der Waals surface area (Å²) < 4.78 is 0. The Morgan fingerprint density at radius 3 is 3.04 bits per heavy atom. The number of nitrogens with zero attached hydrogens (tertiary/aromatic N) is 1. The number of nitrogens with one attached hydrogen (secondary N) is 2. The van der Waals surface area contributed by atoms with E-state index in [9.17, 15) is 10.1 Å². The Balaban J connectivity index is 1.78. The summed E-state index contributed by atoms with van der Waals surface area (Å²) in [4.78, 5) is 13.4. The first-order chi connectivity index (χ1) is 11.6. The van der Waals surface area contributed by atoms with Crippen molar-refractivity contribution in [1.82, 2.24) is 5.32 Å². The monoisotopic (exact) mass is 337 g/mol. The van der Waals surface area contributed by atoms with E-state index < -0.39 is 0 Å². The van der Waals surface area contributed by atoms with Gasteiger partial charge in [0.25, 0.3) is 0 Å². The van der Waals surface area contributed by atoms with Crippen LogP contribution in [0.15, 0.2) is 24.3 Å². The van der Waals surface area contributed by atoms with E-state index in [2.05, 4.69) is 28.8 Å². The lowest BCUT2D eigenvalue weighted by atomic mass is 10.0. The van der Waals surface area contributed by atoms with Crippen LogP contribution in [-0.4, -0.2) is 12.5 Å². The van der Waals surface area contributed by atoms with Crippen molar-refractivity contribution in [3.63, 3.8) is 0 Å². The molecule has 0 saturated carbocycles. The van der Waals surface area contributed by atoms with Gasteiger partial charge in [0.15, 0.2) is 0 Å². The first-order valence-electron chi connectivity index (χ1n) is 7.90. The molecule has 0 fully saturated rings. The van der Waals surface area contributed by atoms with Crippen molar-refractivity contribution < 1.29 is 4.79 Å². The second-order valence-corrected chi connectivity index (χ2v) is 7.03. The van der Waals surface area contributed by atoms with E-state index in [-0.39, 0.29) is 5.91 Å². The maximum Gasteiger partial charge on any atom is 0.249 e. The Hall–Kier alpha value is -2.42. The van der Waals surface area contributed by atoms with Gasteiger partial charge in [0, 0.05) is 17.5 Å². The molecule has 1 aliphatic heterocycles. The van der Waals surface area contributed by atoms with E-state index in [1.807, 2.05) is 26.0 Å². The highest BCUT2D eigenvalue weighted by Gasteiger charge is 2.21. The smallest absolute Gasteiger partial charge is 0.249 e. The van der Waals surface area contributed by atoms with Gasteiger partial charge in [0.05, 0.1) is 5.56 Å². The number of nitriles is 1. The molecule has 0 bridgehead atoms. The average molecular weight is 337 g/mol. The summed E-state index contributed by atoms with van der Waals surface area (Å²) in [5.74, 6) is -0.209. The van der Waals surface area contributed by atoms with E-state index in [1.165, 1.54) is 17.4 Å². The standard InChI is InChI=1S/C19H19N3OS/c1-12-3-4-13(2)14(9-12)5-6-18(23)22-19-16(10-20)15-7-8-21-11-17(15)24-19/h3-6,9,21H,7-8,11H2,1-2H3,(H,22,23). The van der Waals surface area contributed by atoms with Crippen LogP contribution >= 0.6 is 11.3 Å². The van der Waals surface area contributed by atoms with E-state index in [4.69, 9.17) is 0 Å². The normalized spacial score (nSPS) is 13.5. The molecule has 0 atom stereocenters. The Morgan fingerprint density at radius 2 is 2.25 bits per heavy atom. The molecular formula is C19H19N3OS. The molecule has 5 heteroatoms. The Bertz CT molecular complexity index is 858. The van der Waals surface area contributed by atoms with Crippen LogP contribution in [0.5, 0.6) is 0 Å². The SMILES string of the molecule is Cc1ccc(C)c(C=CC(=O)Nc2sc3c(c2C#N)CCNC3)c1. The Labute approximate surface area is 145 Å². The largest absolute Gasteiger partial charge is 0.313 e. The molecule has 122 valence electrons. The number of rotatable bonds is 3. The zero-order chi connectivity index (χ0) is 17.1. The van der Waals surface area contributed by atoms with Crippen LogP contribution in [0.2, 0.25) is 0 Å². The number of amides is 1. The average Bonchev–Trinajstić information content (AvgIpc) is 2.92. The summed E-state index contributed by atoms with van der Waals surface area (Å²) in [5.41, 5.74) is 5.01. The predicted molar refractivity (Wildman–Crippen MR) is 98.0 cm³/mol. The van der Waals surface area contributed by atoms with Crippen LogP contribution in [0, 0.1) is 25.2 Å². The summed E-state index contributed by atoms with van der Waals surface area (Å²) in [5, 5.41) is 16.2. The first kappa shape index (κ1) is 16.4. The fraction of sp³-hybridized carbons (Fsp3) is 0.263. The quantitative estimate of drug-likeness (QED) is 0.842. The lowest BCUT2D eigenvalue weighted by Crippen LogP contribution is -2.22. The highest BCUT2D eigenvalue weighted by Crippen LogP contribution is 2.34. The third-order valence-electron chi connectivity index (χ3n) is 4.13. The number of hydrogen-bond donors (Lipinski definition) is 2. The summed E-state index contributed by atoms with van der Waals surface area (Å²) >= 11 is 1.49. The van der Waals surface area contributed by atoms with Crippen LogP contribution in [0.25, 0.3) is 6.08 Å². The third-order valence-corrected chi connectivity index (χ3v) is 5.27. The van der Waals surface area contributed by atoms with Gasteiger partial charge < -0.3 is 10.6 Å². The van der Waals surface area contributed by atoms with Crippen molar-refractivity contribution in [3.05, 3.63) is 57.0 Å². The highest BCUT2D eigenvalue weighted by molar-refractivity contribution is 7.16. The van der Waals surface area contributed by atoms with Crippen molar-refractivity contribution in [1.29, 1.82) is 5.26 Å². The van der Waals surface area contributed by atoms with Gasteiger partial charge in [-0.3, -0.25) is 4.79 Å². The summed E-state index contributed by atoms with van der Waals surface area (Å²) in [6, 6.07) is 8.39. The summed E-state index contributed by atoms with van der Waals surface area (Å²) in [6.07, 6.45) is 4.18. The second-order valence-electron chi connectivity index (χ2n) is 5.93. The molecule has 0 radical (unpaired) electrons. The molecule has 0 spiro atoms. The molecule has 1 aliphatic rings. The topological polar surface area (TPSA) is 64.9 Å². The Kier molecular flexibility index (Phi) is 4.79. The molecule has 2 heterocycles. The van der Waals surface area contributed by atoms with Crippen molar-refractivity contribution in [2.24, 2.45) is 0 Å². The van der Waals surface area contributed by atoms with Gasteiger partial charge in [-0.2, -0.15) is 5.26 Å². The molecule has 2 aromatic rings. The van der Waals surface area contributed by atoms with Gasteiger partial charge in [-0.15, -0.1) is 11.3 Å². The van der Waals surface area contributed by atoms with Crippen LogP contribution in [0.1, 0.15) is 32.7 Å². The third kappa shape index (κ3) is 3.40. The van der Waals surface area contributed by atoms with Gasteiger partial charge >= 0.3 is 0 Å². The number of fused-ring (bicyclic) bond motifs is 1. The predicted octanol–water partition coefficient (Wildman–Crippen LogP) is 3.53. The summed E-state index contributed by atoms with van der Waals surface area (Å²) in [7, 11) is 0.